The van der Waals surface area contributed by atoms with Crippen molar-refractivity contribution in [2.24, 2.45) is 5.73 Å². The van der Waals surface area contributed by atoms with Crippen molar-refractivity contribution < 1.29 is 0 Å². The van der Waals surface area contributed by atoms with Crippen LogP contribution >= 0.6 is 0 Å². The molecule has 0 unspecified atom stereocenters. The maximum absolute atomic E-state index is 5.67. The molecule has 0 bridgehead atoms. The van der Waals surface area contributed by atoms with Crippen molar-refractivity contribution in [1.82, 2.24) is 14.8 Å². The van der Waals surface area contributed by atoms with Crippen LogP contribution in [0.25, 0.3) is 5.82 Å². The van der Waals surface area contributed by atoms with E-state index >= 15 is 0 Å². The summed E-state index contributed by atoms with van der Waals surface area (Å²) >= 11 is 0. The molecule has 78 valence electrons. The predicted octanol–water partition coefficient (Wildman–Crippen LogP) is 1.34. The molecule has 0 amide bonds. The predicted molar refractivity (Wildman–Crippen MR) is 58.7 cm³/mol. The minimum absolute atomic E-state index is 0.518. The smallest absolute Gasteiger partial charge is 0.153 e. The van der Waals surface area contributed by atoms with Crippen LogP contribution in [0.5, 0.6) is 0 Å². The maximum Gasteiger partial charge on any atom is 0.153 e. The number of aryl methyl sites for hydroxylation is 1. The third kappa shape index (κ3) is 1.64. The zero-order chi connectivity index (χ0) is 10.8. The van der Waals surface area contributed by atoms with E-state index < -0.39 is 0 Å². The lowest BCUT2D eigenvalue weighted by Crippen LogP contribution is -2.03. The molecule has 2 aromatic rings. The van der Waals surface area contributed by atoms with Gasteiger partial charge in [0.2, 0.25) is 0 Å². The SMILES string of the molecule is Cc1nn(-c2ccccn2)c(C)c1CN. The summed E-state index contributed by atoms with van der Waals surface area (Å²) < 4.78 is 1.83. The van der Waals surface area contributed by atoms with Crippen molar-refractivity contribution in [2.45, 2.75) is 20.4 Å². The monoisotopic (exact) mass is 202 g/mol. The average molecular weight is 202 g/mol. The molecule has 0 fully saturated rings. The zero-order valence-electron chi connectivity index (χ0n) is 8.94. The highest BCUT2D eigenvalue weighted by atomic mass is 15.3. The second-order valence-corrected chi connectivity index (χ2v) is 3.45. The second kappa shape index (κ2) is 3.82. The largest absolute Gasteiger partial charge is 0.326 e. The van der Waals surface area contributed by atoms with Gasteiger partial charge in [0.05, 0.1) is 5.69 Å². The molecule has 2 heterocycles. The van der Waals surface area contributed by atoms with Crippen LogP contribution in [0.4, 0.5) is 0 Å². The van der Waals surface area contributed by atoms with Gasteiger partial charge in [0, 0.05) is 24.0 Å². The molecule has 4 nitrogen and oxygen atoms in total. The van der Waals surface area contributed by atoms with Crippen molar-refractivity contribution in [3.05, 3.63) is 41.3 Å². The molecule has 0 aliphatic heterocycles. The van der Waals surface area contributed by atoms with Gasteiger partial charge in [-0.2, -0.15) is 5.10 Å². The van der Waals surface area contributed by atoms with Gasteiger partial charge in [-0.3, -0.25) is 0 Å². The standard InChI is InChI=1S/C11H14N4/c1-8-10(7-12)9(2)15(14-8)11-5-3-4-6-13-11/h3-6H,7,12H2,1-2H3. The molecule has 0 saturated heterocycles. The van der Waals surface area contributed by atoms with Crippen molar-refractivity contribution in [2.75, 3.05) is 0 Å². The van der Waals surface area contributed by atoms with Crippen LogP contribution in [0.2, 0.25) is 0 Å². The molecule has 0 radical (unpaired) electrons. The van der Waals surface area contributed by atoms with Crippen molar-refractivity contribution in [3.63, 3.8) is 0 Å². The highest BCUT2D eigenvalue weighted by Gasteiger charge is 2.11. The summed E-state index contributed by atoms with van der Waals surface area (Å²) in [6.07, 6.45) is 1.76. The van der Waals surface area contributed by atoms with E-state index in [4.69, 9.17) is 5.73 Å². The molecular formula is C11H14N4. The summed E-state index contributed by atoms with van der Waals surface area (Å²) in [5.41, 5.74) is 8.80. The van der Waals surface area contributed by atoms with E-state index in [0.717, 1.165) is 22.8 Å². The van der Waals surface area contributed by atoms with Crippen LogP contribution in [0.15, 0.2) is 24.4 Å². The average Bonchev–Trinajstić information content (AvgIpc) is 2.55. The number of rotatable bonds is 2. The van der Waals surface area contributed by atoms with Gasteiger partial charge in [0.25, 0.3) is 0 Å². The number of aromatic nitrogens is 3. The quantitative estimate of drug-likeness (QED) is 0.799. The molecule has 0 atom stereocenters. The first kappa shape index (κ1) is 9.86. The Morgan fingerprint density at radius 3 is 2.67 bits per heavy atom. The summed E-state index contributed by atoms with van der Waals surface area (Å²) in [6.45, 7) is 4.50. The lowest BCUT2D eigenvalue weighted by atomic mass is 10.2. The number of nitrogens with two attached hydrogens (primary N) is 1. The Morgan fingerprint density at radius 2 is 2.13 bits per heavy atom. The molecular weight excluding hydrogens is 188 g/mol. The van der Waals surface area contributed by atoms with Crippen molar-refractivity contribution >= 4 is 0 Å². The minimum atomic E-state index is 0.518. The molecule has 15 heavy (non-hydrogen) atoms. The Hall–Kier alpha value is -1.68. The molecule has 2 N–H and O–H groups in total. The van der Waals surface area contributed by atoms with Gasteiger partial charge in [-0.15, -0.1) is 0 Å². The molecule has 0 aliphatic carbocycles. The van der Waals surface area contributed by atoms with E-state index in [-0.39, 0.29) is 0 Å². The molecule has 0 aliphatic rings. The molecule has 4 heteroatoms. The van der Waals surface area contributed by atoms with Gasteiger partial charge < -0.3 is 5.73 Å². The molecule has 0 spiro atoms. The van der Waals surface area contributed by atoms with Gasteiger partial charge in [0.15, 0.2) is 5.82 Å². The number of nitrogens with zero attached hydrogens (tertiary/aromatic N) is 3. The van der Waals surface area contributed by atoms with Crippen LogP contribution in [-0.4, -0.2) is 14.8 Å². The van der Waals surface area contributed by atoms with Crippen LogP contribution in [0.3, 0.4) is 0 Å². The Kier molecular flexibility index (Phi) is 2.51. The van der Waals surface area contributed by atoms with Gasteiger partial charge >= 0.3 is 0 Å². The normalized spacial score (nSPS) is 10.6. The summed E-state index contributed by atoms with van der Waals surface area (Å²) in [7, 11) is 0. The van der Waals surface area contributed by atoms with Crippen molar-refractivity contribution in [3.8, 4) is 5.82 Å². The first-order valence-electron chi connectivity index (χ1n) is 4.90. The third-order valence-electron chi connectivity index (χ3n) is 2.51. The molecule has 0 saturated carbocycles. The third-order valence-corrected chi connectivity index (χ3v) is 2.51. The highest BCUT2D eigenvalue weighted by molar-refractivity contribution is 5.31. The molecule has 2 aromatic heterocycles. The highest BCUT2D eigenvalue weighted by Crippen LogP contribution is 2.15. The van der Waals surface area contributed by atoms with Crippen LogP contribution in [0, 0.1) is 13.8 Å². The molecule has 2 rings (SSSR count). The fourth-order valence-corrected chi connectivity index (χ4v) is 1.67. The first-order valence-corrected chi connectivity index (χ1v) is 4.90. The topological polar surface area (TPSA) is 56.7 Å². The second-order valence-electron chi connectivity index (χ2n) is 3.45. The van der Waals surface area contributed by atoms with E-state index in [1.807, 2.05) is 36.7 Å². The Labute approximate surface area is 88.8 Å². The summed E-state index contributed by atoms with van der Waals surface area (Å²) in [4.78, 5) is 4.26. The van der Waals surface area contributed by atoms with E-state index in [1.54, 1.807) is 6.20 Å². The Bertz CT molecular complexity index is 459. The van der Waals surface area contributed by atoms with E-state index in [9.17, 15) is 0 Å². The van der Waals surface area contributed by atoms with Crippen LogP contribution < -0.4 is 5.73 Å². The Morgan fingerprint density at radius 1 is 1.33 bits per heavy atom. The van der Waals surface area contributed by atoms with Crippen LogP contribution in [-0.2, 0) is 6.54 Å². The van der Waals surface area contributed by atoms with Gasteiger partial charge in [0.1, 0.15) is 0 Å². The lowest BCUT2D eigenvalue weighted by molar-refractivity contribution is 0.805. The maximum atomic E-state index is 5.67. The summed E-state index contributed by atoms with van der Waals surface area (Å²) in [6, 6.07) is 5.76. The first-order chi connectivity index (χ1) is 7.24. The minimum Gasteiger partial charge on any atom is -0.326 e. The zero-order valence-corrected chi connectivity index (χ0v) is 8.94. The lowest BCUT2D eigenvalue weighted by Gasteiger charge is -2.02. The van der Waals surface area contributed by atoms with E-state index in [0.29, 0.717) is 6.54 Å². The van der Waals surface area contributed by atoms with Gasteiger partial charge in [-0.05, 0) is 26.0 Å². The summed E-state index contributed by atoms with van der Waals surface area (Å²) in [5, 5.41) is 4.43. The van der Waals surface area contributed by atoms with E-state index in [1.165, 1.54) is 0 Å². The van der Waals surface area contributed by atoms with Crippen LogP contribution in [0.1, 0.15) is 17.0 Å². The fraction of sp³-hybridized carbons (Fsp3) is 0.273. The van der Waals surface area contributed by atoms with E-state index in [2.05, 4.69) is 10.1 Å². The Balaban J connectivity index is 2.55. The number of hydrogen-bond donors (Lipinski definition) is 1. The van der Waals surface area contributed by atoms with Gasteiger partial charge in [-0.25, -0.2) is 9.67 Å². The van der Waals surface area contributed by atoms with Gasteiger partial charge in [-0.1, -0.05) is 6.07 Å². The fourth-order valence-electron chi connectivity index (χ4n) is 1.67. The molecule has 0 aromatic carbocycles. The number of hydrogen-bond acceptors (Lipinski definition) is 3. The summed E-state index contributed by atoms with van der Waals surface area (Å²) in [5.74, 6) is 0.831. The number of pyridine rings is 1. The van der Waals surface area contributed by atoms with Crippen molar-refractivity contribution in [1.29, 1.82) is 0 Å².